The van der Waals surface area contributed by atoms with Crippen molar-refractivity contribution in [2.75, 3.05) is 33.0 Å². The summed E-state index contributed by atoms with van der Waals surface area (Å²) in [6, 6.07) is 0. The number of esters is 1. The molecule has 1 fully saturated rings. The zero-order valence-electron chi connectivity index (χ0n) is 28.7. The number of rotatable bonds is 20. The van der Waals surface area contributed by atoms with E-state index in [1.807, 2.05) is 53.5 Å². The molecule has 6 unspecified atom stereocenters. The highest BCUT2D eigenvalue weighted by atomic mass is 16.8. The van der Waals surface area contributed by atoms with Gasteiger partial charge in [0.25, 0.3) is 0 Å². The van der Waals surface area contributed by atoms with Crippen molar-refractivity contribution in [2.45, 2.75) is 138 Å². The van der Waals surface area contributed by atoms with Crippen LogP contribution in [0.25, 0.3) is 0 Å². The van der Waals surface area contributed by atoms with Gasteiger partial charge in [-0.3, -0.25) is 19.2 Å². The van der Waals surface area contributed by atoms with Crippen molar-refractivity contribution in [3.63, 3.8) is 0 Å². The van der Waals surface area contributed by atoms with Crippen molar-refractivity contribution in [1.29, 1.82) is 0 Å². The van der Waals surface area contributed by atoms with Crippen LogP contribution in [-0.2, 0) is 28.7 Å². The Balaban J connectivity index is 3.62. The number of hydrogen-bond donors (Lipinski definition) is 3. The molecule has 1 saturated heterocycles. The molecule has 0 aromatic rings. The van der Waals surface area contributed by atoms with Gasteiger partial charge in [-0.05, 0) is 58.8 Å². The normalized spacial score (nSPS) is 26.0. The number of nitrogens with one attached hydrogen (secondary N) is 1. The molecule has 3 N–H and O–H groups in total. The molecule has 1 heterocycles. The summed E-state index contributed by atoms with van der Waals surface area (Å²) in [6.07, 6.45) is 3.63. The first kappa shape index (κ1) is 39.4. The van der Waals surface area contributed by atoms with Crippen LogP contribution in [-0.4, -0.2) is 83.3 Å². The molecule has 0 saturated carbocycles. The van der Waals surface area contributed by atoms with Gasteiger partial charge in [-0.25, -0.2) is 0 Å². The number of unbranched alkanes of at least 4 members (excludes halogenated alkanes) is 2. The van der Waals surface area contributed by atoms with Crippen LogP contribution in [0.2, 0.25) is 0 Å². The van der Waals surface area contributed by atoms with Crippen molar-refractivity contribution >= 4 is 17.7 Å². The maximum atomic E-state index is 13.9. The SMILES string of the molecule is CCCCOC(=O)C(C)(CC(OCCCCO)ON1C(C)(CC)CC(=O)C(C)C1(C)CC)C(C)C(C)(C)C(=O)NCCO. The van der Waals surface area contributed by atoms with Gasteiger partial charge in [0.2, 0.25) is 5.91 Å². The minimum atomic E-state index is -1.20. The standard InChI is InChI=1S/C33H62N2O8/c1-11-14-20-42-29(40)32(9,25(5)30(6,7)28(39)34-17-19-37)23-27(41-21-16-15-18-36)43-35-31(8,12-2)22-26(38)24(4)33(35,10)13-3/h24-25,27,36-37H,11-23H2,1-10H3,(H,34,39). The summed E-state index contributed by atoms with van der Waals surface area (Å²) < 4.78 is 12.1. The van der Waals surface area contributed by atoms with Gasteiger partial charge >= 0.3 is 5.97 Å². The van der Waals surface area contributed by atoms with Crippen molar-refractivity contribution < 1.29 is 38.9 Å². The second-order valence-corrected chi connectivity index (χ2v) is 13.6. The molecule has 0 aromatic heterocycles. The second kappa shape index (κ2) is 17.2. The lowest BCUT2D eigenvalue weighted by molar-refractivity contribution is -0.365. The third-order valence-electron chi connectivity index (χ3n) is 10.3. The molecule has 0 spiro atoms. The molecular weight excluding hydrogens is 552 g/mol. The zero-order chi connectivity index (χ0) is 33.1. The predicted molar refractivity (Wildman–Crippen MR) is 167 cm³/mol. The van der Waals surface area contributed by atoms with E-state index in [-0.39, 0.29) is 50.4 Å². The lowest BCUT2D eigenvalue weighted by Crippen LogP contribution is -2.67. The molecular formula is C33H62N2O8. The van der Waals surface area contributed by atoms with E-state index in [9.17, 15) is 24.6 Å². The van der Waals surface area contributed by atoms with E-state index >= 15 is 0 Å². The van der Waals surface area contributed by atoms with Gasteiger partial charge in [0.15, 0.2) is 6.29 Å². The maximum absolute atomic E-state index is 13.9. The van der Waals surface area contributed by atoms with Crippen molar-refractivity contribution in [3.8, 4) is 0 Å². The predicted octanol–water partition coefficient (Wildman–Crippen LogP) is 4.79. The average molecular weight is 615 g/mol. The minimum Gasteiger partial charge on any atom is -0.465 e. The summed E-state index contributed by atoms with van der Waals surface area (Å²) in [7, 11) is 0. The molecule has 43 heavy (non-hydrogen) atoms. The monoisotopic (exact) mass is 614 g/mol. The number of ether oxygens (including phenoxy) is 2. The fraction of sp³-hybridized carbons (Fsp3) is 0.909. The second-order valence-electron chi connectivity index (χ2n) is 13.6. The van der Waals surface area contributed by atoms with E-state index in [0.717, 1.165) is 12.8 Å². The Morgan fingerprint density at radius 3 is 2.23 bits per heavy atom. The summed E-state index contributed by atoms with van der Waals surface area (Å²) in [4.78, 5) is 47.2. The number of aliphatic hydroxyl groups excluding tert-OH is 2. The first-order chi connectivity index (χ1) is 20.0. The smallest absolute Gasteiger partial charge is 0.312 e. The maximum Gasteiger partial charge on any atom is 0.312 e. The highest BCUT2D eigenvalue weighted by Gasteiger charge is 2.56. The summed E-state index contributed by atoms with van der Waals surface area (Å²) in [5.41, 5.74) is -3.40. The largest absolute Gasteiger partial charge is 0.465 e. The van der Waals surface area contributed by atoms with E-state index in [2.05, 4.69) is 5.32 Å². The fourth-order valence-electron chi connectivity index (χ4n) is 6.03. The van der Waals surface area contributed by atoms with E-state index in [1.165, 1.54) is 0 Å². The van der Waals surface area contributed by atoms with Crippen molar-refractivity contribution in [3.05, 3.63) is 0 Å². The van der Waals surface area contributed by atoms with E-state index in [0.29, 0.717) is 38.7 Å². The molecule has 1 rings (SSSR count). The Kier molecular flexibility index (Phi) is 15.8. The molecule has 0 bridgehead atoms. The number of piperidine rings is 1. The lowest BCUT2D eigenvalue weighted by Gasteiger charge is -2.56. The van der Waals surface area contributed by atoms with Gasteiger partial charge in [0.05, 0.1) is 29.7 Å². The number of hydrogen-bond acceptors (Lipinski definition) is 9. The third-order valence-corrected chi connectivity index (χ3v) is 10.3. The Hall–Kier alpha value is -1.59. The van der Waals surface area contributed by atoms with Crippen LogP contribution in [0.15, 0.2) is 0 Å². The van der Waals surface area contributed by atoms with Gasteiger partial charge in [-0.2, -0.15) is 5.06 Å². The molecule has 0 radical (unpaired) electrons. The van der Waals surface area contributed by atoms with Crippen LogP contribution in [0.3, 0.4) is 0 Å². The lowest BCUT2D eigenvalue weighted by atomic mass is 9.63. The van der Waals surface area contributed by atoms with E-state index in [4.69, 9.17) is 14.3 Å². The quantitative estimate of drug-likeness (QED) is 0.100. The van der Waals surface area contributed by atoms with Crippen LogP contribution in [0.5, 0.6) is 0 Å². The molecule has 10 heteroatoms. The number of Topliss-reactive ketones (excluding diaryl/α,β-unsaturated/α-hetero) is 1. The van der Waals surface area contributed by atoms with Crippen molar-refractivity contribution in [2.24, 2.45) is 22.7 Å². The van der Waals surface area contributed by atoms with E-state index < -0.39 is 40.1 Å². The number of hydroxylamine groups is 2. The minimum absolute atomic E-state index is 0.0398. The third kappa shape index (κ3) is 9.45. The number of amides is 1. The molecule has 10 nitrogen and oxygen atoms in total. The molecule has 1 aliphatic rings. The summed E-state index contributed by atoms with van der Waals surface area (Å²) in [5, 5.41) is 23.3. The van der Waals surface area contributed by atoms with Crippen LogP contribution >= 0.6 is 0 Å². The Labute approximate surface area is 260 Å². The topological polar surface area (TPSA) is 135 Å². The number of nitrogens with zero attached hydrogens (tertiary/aromatic N) is 1. The molecule has 6 atom stereocenters. The fourth-order valence-corrected chi connectivity index (χ4v) is 6.03. The number of ketones is 1. The van der Waals surface area contributed by atoms with Crippen LogP contribution < -0.4 is 5.32 Å². The summed E-state index contributed by atoms with van der Waals surface area (Å²) in [5.74, 6) is -1.30. The highest BCUT2D eigenvalue weighted by Crippen LogP contribution is 2.48. The summed E-state index contributed by atoms with van der Waals surface area (Å²) in [6.45, 7) is 19.9. The number of aliphatic hydroxyl groups is 2. The first-order valence-corrected chi connectivity index (χ1v) is 16.3. The Morgan fingerprint density at radius 2 is 1.70 bits per heavy atom. The zero-order valence-corrected chi connectivity index (χ0v) is 28.7. The Bertz CT molecular complexity index is 898. The van der Waals surface area contributed by atoms with E-state index in [1.54, 1.807) is 20.8 Å². The van der Waals surface area contributed by atoms with Gasteiger partial charge < -0.3 is 25.0 Å². The first-order valence-electron chi connectivity index (χ1n) is 16.3. The van der Waals surface area contributed by atoms with Gasteiger partial charge in [-0.15, -0.1) is 0 Å². The molecule has 1 amide bonds. The van der Waals surface area contributed by atoms with Gasteiger partial charge in [0, 0.05) is 43.9 Å². The molecule has 1 aliphatic heterocycles. The van der Waals surface area contributed by atoms with Gasteiger partial charge in [-0.1, -0.05) is 54.9 Å². The summed E-state index contributed by atoms with van der Waals surface area (Å²) >= 11 is 0. The number of carbonyl (C=O) groups excluding carboxylic acids is 3. The molecule has 0 aliphatic carbocycles. The van der Waals surface area contributed by atoms with Crippen LogP contribution in [0, 0.1) is 22.7 Å². The van der Waals surface area contributed by atoms with Gasteiger partial charge in [0.1, 0.15) is 5.78 Å². The molecule has 0 aromatic carbocycles. The number of carbonyl (C=O) groups is 3. The highest BCUT2D eigenvalue weighted by molar-refractivity contribution is 5.85. The van der Waals surface area contributed by atoms with Crippen LogP contribution in [0.4, 0.5) is 0 Å². The Morgan fingerprint density at radius 1 is 1.05 bits per heavy atom. The van der Waals surface area contributed by atoms with Crippen LogP contribution in [0.1, 0.15) is 121 Å². The average Bonchev–Trinajstić information content (AvgIpc) is 2.98. The molecule has 252 valence electrons. The van der Waals surface area contributed by atoms with Crippen molar-refractivity contribution in [1.82, 2.24) is 10.4 Å².